The van der Waals surface area contributed by atoms with Crippen LogP contribution in [0.15, 0.2) is 48.5 Å². The molecule has 0 saturated carbocycles. The van der Waals surface area contributed by atoms with Crippen LogP contribution in [-0.4, -0.2) is 52.3 Å². The van der Waals surface area contributed by atoms with Gasteiger partial charge in [0.1, 0.15) is 17.8 Å². The van der Waals surface area contributed by atoms with Gasteiger partial charge in [-0.05, 0) is 29.3 Å². The number of halogens is 1. The number of fused-ring (bicyclic) bond motifs is 4. The van der Waals surface area contributed by atoms with Crippen molar-refractivity contribution < 1.29 is 14.3 Å². The molecule has 0 spiro atoms. The number of aromatic amines is 1. The van der Waals surface area contributed by atoms with E-state index in [0.717, 1.165) is 33.5 Å². The summed E-state index contributed by atoms with van der Waals surface area (Å²) in [5, 5.41) is 1.09. The number of ether oxygens (including phenoxy) is 1. The van der Waals surface area contributed by atoms with Crippen molar-refractivity contribution in [2.45, 2.75) is 18.5 Å². The summed E-state index contributed by atoms with van der Waals surface area (Å²) < 4.78 is 5.28. The standard InChI is InChI=1S/C22H20ClN3O3/c1-29-14-8-6-13(7-9-14)20-19-16(15-4-2-3-5-17(15)24-19)12-18-21(27)25(11-10-23)22(28)26(18)20/h2-9,18,20,24H,10-12H2,1H3/t18-,20-/m0/s1. The monoisotopic (exact) mass is 409 g/mol. The predicted molar refractivity (Wildman–Crippen MR) is 110 cm³/mol. The molecule has 5 rings (SSSR count). The number of urea groups is 1. The number of nitrogens with zero attached hydrogens (tertiary/aromatic N) is 2. The Morgan fingerprint density at radius 2 is 1.90 bits per heavy atom. The highest BCUT2D eigenvalue weighted by Gasteiger charge is 2.52. The van der Waals surface area contributed by atoms with Crippen molar-refractivity contribution in [3.05, 3.63) is 65.4 Å². The molecule has 3 heterocycles. The SMILES string of the molecule is COc1ccc([C@H]2c3[nH]c4ccccc4c3C[C@H]3C(=O)N(CCCl)C(=O)N23)cc1. The van der Waals surface area contributed by atoms with Crippen molar-refractivity contribution in [1.82, 2.24) is 14.8 Å². The Morgan fingerprint density at radius 3 is 2.62 bits per heavy atom. The van der Waals surface area contributed by atoms with Gasteiger partial charge in [-0.15, -0.1) is 11.6 Å². The molecule has 0 bridgehead atoms. The summed E-state index contributed by atoms with van der Waals surface area (Å²) in [7, 11) is 1.62. The highest BCUT2D eigenvalue weighted by atomic mass is 35.5. The number of nitrogens with one attached hydrogen (secondary N) is 1. The van der Waals surface area contributed by atoms with Crippen LogP contribution < -0.4 is 4.74 Å². The molecule has 1 aromatic heterocycles. The summed E-state index contributed by atoms with van der Waals surface area (Å²) in [6, 6.07) is 14.5. The average molecular weight is 410 g/mol. The molecule has 1 N–H and O–H groups in total. The first-order chi connectivity index (χ1) is 14.1. The fourth-order valence-electron chi connectivity index (χ4n) is 4.55. The molecule has 29 heavy (non-hydrogen) atoms. The molecule has 0 radical (unpaired) electrons. The lowest BCUT2D eigenvalue weighted by atomic mass is 9.89. The first-order valence-electron chi connectivity index (χ1n) is 9.57. The molecule has 6 nitrogen and oxygen atoms in total. The lowest BCUT2D eigenvalue weighted by Crippen LogP contribution is -2.44. The first-order valence-corrected chi connectivity index (χ1v) is 10.1. The van der Waals surface area contributed by atoms with E-state index in [1.807, 2.05) is 42.5 Å². The fraction of sp³-hybridized carbons (Fsp3) is 0.273. The molecule has 3 amide bonds. The molecule has 0 unspecified atom stereocenters. The Morgan fingerprint density at radius 1 is 1.14 bits per heavy atom. The van der Waals surface area contributed by atoms with Gasteiger partial charge in [-0.2, -0.15) is 0 Å². The maximum absolute atomic E-state index is 13.2. The van der Waals surface area contributed by atoms with Crippen LogP contribution in [0.25, 0.3) is 10.9 Å². The van der Waals surface area contributed by atoms with E-state index in [1.165, 1.54) is 4.90 Å². The Balaban J connectivity index is 1.70. The Kier molecular flexibility index (Phi) is 4.24. The molecule has 3 aromatic rings. The van der Waals surface area contributed by atoms with Crippen molar-refractivity contribution in [2.24, 2.45) is 0 Å². The lowest BCUT2D eigenvalue weighted by molar-refractivity contribution is -0.128. The zero-order valence-electron chi connectivity index (χ0n) is 15.9. The summed E-state index contributed by atoms with van der Waals surface area (Å²) >= 11 is 5.86. The van der Waals surface area contributed by atoms with Crippen LogP contribution in [0.4, 0.5) is 4.79 Å². The van der Waals surface area contributed by atoms with Gasteiger partial charge in [0.25, 0.3) is 5.91 Å². The van der Waals surface area contributed by atoms with Crippen LogP contribution in [0, 0.1) is 0 Å². The maximum Gasteiger partial charge on any atom is 0.328 e. The smallest absolute Gasteiger partial charge is 0.328 e. The average Bonchev–Trinajstić information content (AvgIpc) is 3.23. The van der Waals surface area contributed by atoms with Crippen LogP contribution in [0.1, 0.15) is 22.9 Å². The van der Waals surface area contributed by atoms with Crippen molar-refractivity contribution in [2.75, 3.05) is 19.5 Å². The third kappa shape index (κ3) is 2.63. The number of aromatic nitrogens is 1. The summed E-state index contributed by atoms with van der Waals surface area (Å²) in [5.41, 5.74) is 3.99. The summed E-state index contributed by atoms with van der Waals surface area (Å²) in [6.07, 6.45) is 0.495. The number of alkyl halides is 1. The van der Waals surface area contributed by atoms with Gasteiger partial charge in [0.15, 0.2) is 0 Å². The molecule has 2 aliphatic rings. The summed E-state index contributed by atoms with van der Waals surface area (Å²) in [5.74, 6) is 0.787. The Hall–Kier alpha value is -2.99. The van der Waals surface area contributed by atoms with E-state index in [4.69, 9.17) is 16.3 Å². The number of benzene rings is 2. The molecular formula is C22H20ClN3O3. The topological polar surface area (TPSA) is 65.6 Å². The van der Waals surface area contributed by atoms with Gasteiger partial charge < -0.3 is 9.72 Å². The molecule has 2 atom stereocenters. The van der Waals surface area contributed by atoms with E-state index in [1.54, 1.807) is 12.0 Å². The minimum atomic E-state index is -0.524. The van der Waals surface area contributed by atoms with E-state index in [0.29, 0.717) is 6.42 Å². The summed E-state index contributed by atoms with van der Waals surface area (Å²) in [4.78, 5) is 32.8. The van der Waals surface area contributed by atoms with Gasteiger partial charge in [0, 0.05) is 35.4 Å². The fourth-order valence-corrected chi connectivity index (χ4v) is 4.72. The molecule has 2 aliphatic heterocycles. The molecular weight excluding hydrogens is 390 g/mol. The predicted octanol–water partition coefficient (Wildman–Crippen LogP) is 3.69. The van der Waals surface area contributed by atoms with Crippen LogP contribution >= 0.6 is 11.6 Å². The largest absolute Gasteiger partial charge is 0.497 e. The highest BCUT2D eigenvalue weighted by Crippen LogP contribution is 2.44. The summed E-state index contributed by atoms with van der Waals surface area (Å²) in [6.45, 7) is 0.218. The van der Waals surface area contributed by atoms with Crippen LogP contribution in [-0.2, 0) is 11.2 Å². The molecule has 1 fully saturated rings. The number of hydrogen-bond donors (Lipinski definition) is 1. The Bertz CT molecular complexity index is 1110. The number of amides is 3. The lowest BCUT2D eigenvalue weighted by Gasteiger charge is -2.36. The van der Waals surface area contributed by atoms with Gasteiger partial charge in [-0.1, -0.05) is 30.3 Å². The van der Waals surface area contributed by atoms with Gasteiger partial charge in [0.05, 0.1) is 7.11 Å². The quantitative estimate of drug-likeness (QED) is 0.528. The van der Waals surface area contributed by atoms with Crippen molar-refractivity contribution in [3.63, 3.8) is 0 Å². The number of para-hydroxylation sites is 1. The van der Waals surface area contributed by atoms with Crippen molar-refractivity contribution >= 4 is 34.4 Å². The zero-order valence-corrected chi connectivity index (χ0v) is 16.6. The number of carbonyl (C=O) groups excluding carboxylic acids is 2. The molecule has 148 valence electrons. The number of rotatable bonds is 4. The number of carbonyl (C=O) groups is 2. The molecule has 7 heteroatoms. The number of hydrogen-bond acceptors (Lipinski definition) is 3. The molecule has 2 aromatic carbocycles. The van der Waals surface area contributed by atoms with Crippen LogP contribution in [0.3, 0.4) is 0 Å². The molecule has 0 aliphatic carbocycles. The van der Waals surface area contributed by atoms with Gasteiger partial charge >= 0.3 is 6.03 Å². The van der Waals surface area contributed by atoms with E-state index >= 15 is 0 Å². The second-order valence-electron chi connectivity index (χ2n) is 7.33. The van der Waals surface area contributed by atoms with E-state index < -0.39 is 6.04 Å². The first kappa shape index (κ1) is 18.1. The zero-order chi connectivity index (χ0) is 20.1. The molecule has 1 saturated heterocycles. The highest BCUT2D eigenvalue weighted by molar-refractivity contribution is 6.18. The van der Waals surface area contributed by atoms with Gasteiger partial charge in [-0.3, -0.25) is 14.6 Å². The maximum atomic E-state index is 13.2. The van der Waals surface area contributed by atoms with Crippen molar-refractivity contribution in [3.8, 4) is 5.75 Å². The third-order valence-corrected chi connectivity index (χ3v) is 6.04. The van der Waals surface area contributed by atoms with Crippen LogP contribution in [0.2, 0.25) is 0 Å². The second-order valence-corrected chi connectivity index (χ2v) is 7.71. The minimum Gasteiger partial charge on any atom is -0.497 e. The number of methoxy groups -OCH3 is 1. The van der Waals surface area contributed by atoms with E-state index in [9.17, 15) is 9.59 Å². The van der Waals surface area contributed by atoms with E-state index in [-0.39, 0.29) is 30.4 Å². The van der Waals surface area contributed by atoms with E-state index in [2.05, 4.69) is 11.1 Å². The number of imide groups is 1. The minimum absolute atomic E-state index is 0.176. The van der Waals surface area contributed by atoms with Gasteiger partial charge in [-0.25, -0.2) is 4.79 Å². The third-order valence-electron chi connectivity index (χ3n) is 5.87. The van der Waals surface area contributed by atoms with Gasteiger partial charge in [0.2, 0.25) is 0 Å². The van der Waals surface area contributed by atoms with Crippen molar-refractivity contribution in [1.29, 1.82) is 0 Å². The Labute approximate surface area is 173 Å². The van der Waals surface area contributed by atoms with Crippen LogP contribution in [0.5, 0.6) is 5.75 Å². The second kappa shape index (κ2) is 6.81. The normalized spacial score (nSPS) is 20.9. The number of H-pyrrole nitrogens is 1.